The van der Waals surface area contributed by atoms with Crippen LogP contribution in [0.4, 0.5) is 5.69 Å². The van der Waals surface area contributed by atoms with Gasteiger partial charge in [0.15, 0.2) is 0 Å². The average Bonchev–Trinajstić information content (AvgIpc) is 2.81. The van der Waals surface area contributed by atoms with Crippen LogP contribution in [0.5, 0.6) is 11.5 Å². The van der Waals surface area contributed by atoms with Crippen LogP contribution in [0.2, 0.25) is 4.34 Å². The van der Waals surface area contributed by atoms with E-state index in [9.17, 15) is 0 Å². The van der Waals surface area contributed by atoms with Gasteiger partial charge in [0.05, 0.1) is 24.2 Å². The summed E-state index contributed by atoms with van der Waals surface area (Å²) in [7, 11) is 3.29. The Balaban J connectivity index is 2.11. The van der Waals surface area contributed by atoms with Crippen LogP contribution in [-0.4, -0.2) is 14.2 Å². The van der Waals surface area contributed by atoms with Crippen LogP contribution in [0.25, 0.3) is 0 Å². The summed E-state index contributed by atoms with van der Waals surface area (Å²) in [5.41, 5.74) is 0.904. The molecule has 0 aliphatic rings. The lowest BCUT2D eigenvalue weighted by atomic mass is 10.2. The topological polar surface area (TPSA) is 30.5 Å². The van der Waals surface area contributed by atoms with Gasteiger partial charge < -0.3 is 14.8 Å². The van der Waals surface area contributed by atoms with Gasteiger partial charge in [-0.3, -0.25) is 0 Å². The van der Waals surface area contributed by atoms with Crippen LogP contribution >= 0.6 is 22.9 Å². The predicted octanol–water partition coefficient (Wildman–Crippen LogP) is 4.03. The first kappa shape index (κ1) is 13.1. The number of halogens is 1. The van der Waals surface area contributed by atoms with E-state index in [-0.39, 0.29) is 0 Å². The molecule has 0 unspecified atom stereocenters. The van der Waals surface area contributed by atoms with Gasteiger partial charge in [-0.1, -0.05) is 11.6 Å². The fraction of sp³-hybridized carbons (Fsp3) is 0.231. The number of hydrogen-bond donors (Lipinski definition) is 1. The summed E-state index contributed by atoms with van der Waals surface area (Å²) < 4.78 is 11.3. The molecule has 1 aromatic heterocycles. The highest BCUT2D eigenvalue weighted by Crippen LogP contribution is 2.30. The van der Waals surface area contributed by atoms with Gasteiger partial charge in [0, 0.05) is 17.5 Å². The highest BCUT2D eigenvalue weighted by molar-refractivity contribution is 7.16. The molecule has 0 bridgehead atoms. The summed E-state index contributed by atoms with van der Waals surface area (Å²) in [6, 6.07) is 9.56. The van der Waals surface area contributed by atoms with Gasteiger partial charge in [-0.15, -0.1) is 11.3 Å². The number of benzene rings is 1. The zero-order chi connectivity index (χ0) is 13.0. The predicted molar refractivity (Wildman–Crippen MR) is 76.2 cm³/mol. The summed E-state index contributed by atoms with van der Waals surface area (Å²) in [5, 5.41) is 3.32. The maximum absolute atomic E-state index is 5.89. The van der Waals surface area contributed by atoms with E-state index < -0.39 is 0 Å². The zero-order valence-corrected chi connectivity index (χ0v) is 11.8. The molecule has 0 spiro atoms. The Hall–Kier alpha value is -1.39. The van der Waals surface area contributed by atoms with Crippen molar-refractivity contribution in [2.45, 2.75) is 6.54 Å². The largest absolute Gasteiger partial charge is 0.497 e. The van der Waals surface area contributed by atoms with Crippen molar-refractivity contribution in [2.75, 3.05) is 19.5 Å². The molecule has 5 heteroatoms. The molecule has 0 aliphatic carbocycles. The van der Waals surface area contributed by atoms with E-state index >= 15 is 0 Å². The summed E-state index contributed by atoms with van der Waals surface area (Å²) in [6.07, 6.45) is 0. The maximum Gasteiger partial charge on any atom is 0.142 e. The average molecular weight is 284 g/mol. The quantitative estimate of drug-likeness (QED) is 0.899. The van der Waals surface area contributed by atoms with E-state index in [1.165, 1.54) is 4.88 Å². The number of rotatable bonds is 5. The molecular formula is C13H14ClNO2S. The molecule has 18 heavy (non-hydrogen) atoms. The van der Waals surface area contributed by atoms with Crippen molar-refractivity contribution in [3.8, 4) is 11.5 Å². The lowest BCUT2D eigenvalue weighted by molar-refractivity contribution is 0.404. The van der Waals surface area contributed by atoms with E-state index in [1.54, 1.807) is 25.6 Å². The Morgan fingerprint density at radius 1 is 1.17 bits per heavy atom. The Kier molecular flexibility index (Phi) is 4.33. The fourth-order valence-electron chi connectivity index (χ4n) is 1.58. The SMILES string of the molecule is COc1ccc(OC)c(NCc2ccc(Cl)s2)c1. The summed E-state index contributed by atoms with van der Waals surface area (Å²) in [4.78, 5) is 1.17. The molecule has 96 valence electrons. The molecule has 2 aromatic rings. The van der Waals surface area contributed by atoms with E-state index in [0.717, 1.165) is 21.5 Å². The second-order valence-corrected chi connectivity index (χ2v) is 5.43. The lowest BCUT2D eigenvalue weighted by Gasteiger charge is -2.11. The number of methoxy groups -OCH3 is 2. The molecular weight excluding hydrogens is 270 g/mol. The minimum Gasteiger partial charge on any atom is -0.497 e. The molecule has 0 atom stereocenters. The third-order valence-corrected chi connectivity index (χ3v) is 3.72. The van der Waals surface area contributed by atoms with Gasteiger partial charge in [-0.05, 0) is 24.3 Å². The minimum atomic E-state index is 0.709. The van der Waals surface area contributed by atoms with Crippen LogP contribution in [0.3, 0.4) is 0 Å². The van der Waals surface area contributed by atoms with Crippen LogP contribution in [0, 0.1) is 0 Å². The molecule has 2 rings (SSSR count). The Morgan fingerprint density at radius 2 is 2.00 bits per heavy atom. The number of ether oxygens (including phenoxy) is 2. The van der Waals surface area contributed by atoms with Crippen molar-refractivity contribution in [3.05, 3.63) is 39.5 Å². The second kappa shape index (κ2) is 5.98. The van der Waals surface area contributed by atoms with Gasteiger partial charge in [0.25, 0.3) is 0 Å². The first-order valence-corrected chi connectivity index (χ1v) is 6.62. The molecule has 0 saturated carbocycles. The smallest absolute Gasteiger partial charge is 0.142 e. The van der Waals surface area contributed by atoms with Crippen molar-refractivity contribution in [1.82, 2.24) is 0 Å². The van der Waals surface area contributed by atoms with Gasteiger partial charge in [0.1, 0.15) is 11.5 Å². The first-order chi connectivity index (χ1) is 8.72. The number of thiophene rings is 1. The van der Waals surface area contributed by atoms with Crippen LogP contribution in [0.15, 0.2) is 30.3 Å². The third-order valence-electron chi connectivity index (χ3n) is 2.49. The molecule has 0 amide bonds. The van der Waals surface area contributed by atoms with E-state index in [0.29, 0.717) is 6.54 Å². The Morgan fingerprint density at radius 3 is 2.61 bits per heavy atom. The van der Waals surface area contributed by atoms with Crippen LogP contribution in [0.1, 0.15) is 4.88 Å². The highest BCUT2D eigenvalue weighted by atomic mass is 35.5. The van der Waals surface area contributed by atoms with Crippen molar-refractivity contribution in [3.63, 3.8) is 0 Å². The molecule has 1 aromatic carbocycles. The molecule has 0 aliphatic heterocycles. The number of hydrogen-bond acceptors (Lipinski definition) is 4. The van der Waals surface area contributed by atoms with Crippen LogP contribution < -0.4 is 14.8 Å². The minimum absolute atomic E-state index is 0.709. The molecule has 1 heterocycles. The van der Waals surface area contributed by atoms with E-state index in [1.807, 2.05) is 30.3 Å². The lowest BCUT2D eigenvalue weighted by Crippen LogP contribution is -2.00. The Labute approximate surface area is 115 Å². The third kappa shape index (κ3) is 3.09. The van der Waals surface area contributed by atoms with Crippen molar-refractivity contribution < 1.29 is 9.47 Å². The van der Waals surface area contributed by atoms with E-state index in [2.05, 4.69) is 5.32 Å². The van der Waals surface area contributed by atoms with Crippen LogP contribution in [-0.2, 0) is 6.54 Å². The Bertz CT molecular complexity index is 527. The normalized spacial score (nSPS) is 10.2. The molecule has 1 N–H and O–H groups in total. The first-order valence-electron chi connectivity index (χ1n) is 5.43. The summed E-state index contributed by atoms with van der Waals surface area (Å²) >= 11 is 7.46. The maximum atomic E-state index is 5.89. The molecule has 0 saturated heterocycles. The fourth-order valence-corrected chi connectivity index (χ4v) is 2.61. The van der Waals surface area contributed by atoms with E-state index in [4.69, 9.17) is 21.1 Å². The van der Waals surface area contributed by atoms with Crippen molar-refractivity contribution >= 4 is 28.6 Å². The molecule has 3 nitrogen and oxygen atoms in total. The molecule has 0 radical (unpaired) electrons. The zero-order valence-electron chi connectivity index (χ0n) is 10.2. The number of nitrogens with one attached hydrogen (secondary N) is 1. The van der Waals surface area contributed by atoms with Crippen molar-refractivity contribution in [1.29, 1.82) is 0 Å². The number of anilines is 1. The highest BCUT2D eigenvalue weighted by Gasteiger charge is 2.05. The van der Waals surface area contributed by atoms with Crippen molar-refractivity contribution in [2.24, 2.45) is 0 Å². The van der Waals surface area contributed by atoms with Gasteiger partial charge in [-0.2, -0.15) is 0 Å². The van der Waals surface area contributed by atoms with Gasteiger partial charge in [-0.25, -0.2) is 0 Å². The summed E-state index contributed by atoms with van der Waals surface area (Å²) in [6.45, 7) is 0.709. The standard InChI is InChI=1S/C13H14ClNO2S/c1-16-9-3-5-12(17-2)11(7-9)15-8-10-4-6-13(14)18-10/h3-7,15H,8H2,1-2H3. The second-order valence-electron chi connectivity index (χ2n) is 3.63. The van der Waals surface area contributed by atoms with Gasteiger partial charge in [0.2, 0.25) is 0 Å². The monoisotopic (exact) mass is 283 g/mol. The summed E-state index contributed by atoms with van der Waals surface area (Å²) in [5.74, 6) is 1.58. The molecule has 0 fully saturated rings. The van der Waals surface area contributed by atoms with Gasteiger partial charge >= 0.3 is 0 Å².